The van der Waals surface area contributed by atoms with Crippen LogP contribution in [0.4, 0.5) is 4.79 Å². The molecule has 0 bridgehead atoms. The van der Waals surface area contributed by atoms with Gasteiger partial charge in [0, 0.05) is 26.2 Å². The van der Waals surface area contributed by atoms with Crippen LogP contribution in [0.2, 0.25) is 0 Å². The van der Waals surface area contributed by atoms with E-state index in [4.69, 9.17) is 4.74 Å². The van der Waals surface area contributed by atoms with Crippen molar-refractivity contribution >= 4 is 12.1 Å². The molecule has 0 radical (unpaired) electrons. The molecule has 6 heteroatoms. The van der Waals surface area contributed by atoms with Crippen LogP contribution in [0.1, 0.15) is 33.6 Å². The van der Waals surface area contributed by atoms with E-state index in [0.29, 0.717) is 13.1 Å². The highest BCUT2D eigenvalue weighted by Crippen LogP contribution is 2.30. The van der Waals surface area contributed by atoms with Gasteiger partial charge in [0.15, 0.2) is 0 Å². The second-order valence-electron chi connectivity index (χ2n) is 6.73. The van der Waals surface area contributed by atoms with Gasteiger partial charge < -0.3 is 9.84 Å². The molecule has 1 atom stereocenters. The van der Waals surface area contributed by atoms with E-state index in [1.807, 2.05) is 0 Å². The van der Waals surface area contributed by atoms with Gasteiger partial charge in [0.2, 0.25) is 0 Å². The number of aliphatic carboxylic acids is 1. The maximum absolute atomic E-state index is 12.1. The summed E-state index contributed by atoms with van der Waals surface area (Å²) in [6.45, 7) is 7.83. The van der Waals surface area contributed by atoms with Gasteiger partial charge in [0.05, 0.1) is 0 Å². The lowest BCUT2D eigenvalue weighted by atomic mass is 10.1. The minimum Gasteiger partial charge on any atom is -0.480 e. The van der Waals surface area contributed by atoms with Crippen LogP contribution < -0.4 is 0 Å². The maximum Gasteiger partial charge on any atom is 0.411 e. The molecule has 1 N–H and O–H groups in total. The summed E-state index contributed by atoms with van der Waals surface area (Å²) in [5, 5.41) is 9.35. The Bertz CT molecular complexity index is 387. The van der Waals surface area contributed by atoms with E-state index in [9.17, 15) is 14.7 Å². The monoisotopic (exact) mass is 284 g/mol. The molecule has 114 valence electrons. The van der Waals surface area contributed by atoms with Gasteiger partial charge in [-0.1, -0.05) is 0 Å². The predicted molar refractivity (Wildman–Crippen MR) is 73.5 cm³/mol. The normalized spacial score (nSPS) is 24.6. The van der Waals surface area contributed by atoms with Crippen molar-refractivity contribution in [3.63, 3.8) is 0 Å². The Kier molecular flexibility index (Phi) is 4.22. The Morgan fingerprint density at radius 3 is 2.40 bits per heavy atom. The average molecular weight is 284 g/mol. The quantitative estimate of drug-likeness (QED) is 0.848. The highest BCUT2D eigenvalue weighted by atomic mass is 16.6. The lowest BCUT2D eigenvalue weighted by Gasteiger charge is -2.39. The Hall–Kier alpha value is -1.30. The van der Waals surface area contributed by atoms with Crippen molar-refractivity contribution in [2.75, 3.05) is 26.2 Å². The molecule has 6 nitrogen and oxygen atoms in total. The first-order valence-corrected chi connectivity index (χ1v) is 7.21. The molecule has 1 aliphatic heterocycles. The number of piperazine rings is 1. The van der Waals surface area contributed by atoms with E-state index in [1.165, 1.54) is 17.7 Å². The van der Waals surface area contributed by atoms with E-state index >= 15 is 0 Å². The topological polar surface area (TPSA) is 70.1 Å². The van der Waals surface area contributed by atoms with Crippen LogP contribution in [0.5, 0.6) is 0 Å². The van der Waals surface area contributed by atoms with Crippen LogP contribution in [0.25, 0.3) is 0 Å². The summed E-state index contributed by atoms with van der Waals surface area (Å²) in [4.78, 5) is 27.0. The summed E-state index contributed by atoms with van der Waals surface area (Å²) >= 11 is 0. The third kappa shape index (κ3) is 4.10. The van der Waals surface area contributed by atoms with Crippen molar-refractivity contribution in [3.05, 3.63) is 0 Å². The fraction of sp³-hybridized carbons (Fsp3) is 0.857. The number of ether oxygens (including phenoxy) is 1. The van der Waals surface area contributed by atoms with Crippen LogP contribution in [-0.2, 0) is 9.53 Å². The van der Waals surface area contributed by atoms with Gasteiger partial charge in [-0.05, 0) is 39.5 Å². The first-order chi connectivity index (χ1) is 9.26. The van der Waals surface area contributed by atoms with Gasteiger partial charge in [-0.3, -0.25) is 9.80 Å². The molecule has 1 amide bonds. The Labute approximate surface area is 119 Å². The lowest BCUT2D eigenvalue weighted by Crippen LogP contribution is -2.59. The number of carbonyl (C=O) groups is 2. The van der Waals surface area contributed by atoms with Crippen LogP contribution in [0, 0.1) is 5.92 Å². The molecule has 0 spiro atoms. The van der Waals surface area contributed by atoms with E-state index in [1.54, 1.807) is 20.8 Å². The smallest absolute Gasteiger partial charge is 0.411 e. The van der Waals surface area contributed by atoms with Crippen LogP contribution >= 0.6 is 0 Å². The lowest BCUT2D eigenvalue weighted by molar-refractivity contribution is -0.145. The zero-order valence-electron chi connectivity index (χ0n) is 12.5. The highest BCUT2D eigenvalue weighted by Gasteiger charge is 2.38. The van der Waals surface area contributed by atoms with Crippen molar-refractivity contribution in [3.8, 4) is 0 Å². The van der Waals surface area contributed by atoms with Gasteiger partial charge in [0.25, 0.3) is 0 Å². The number of hydrogen-bond donors (Lipinski definition) is 1. The number of rotatable bonds is 3. The number of nitrogens with zero attached hydrogens (tertiary/aromatic N) is 2. The first kappa shape index (κ1) is 15.1. The molecule has 1 aliphatic carbocycles. The van der Waals surface area contributed by atoms with E-state index in [0.717, 1.165) is 19.0 Å². The molecular formula is C14H24N2O4. The van der Waals surface area contributed by atoms with Crippen molar-refractivity contribution in [1.29, 1.82) is 0 Å². The SMILES string of the molecule is CC(C)(C)OC(=O)N1CCN(CC2CC2)C[C@@H]1C(=O)O. The molecule has 0 aromatic rings. The number of carboxylic acid groups (broad SMARTS) is 1. The van der Waals surface area contributed by atoms with Crippen molar-refractivity contribution in [2.24, 2.45) is 5.92 Å². The van der Waals surface area contributed by atoms with Crippen molar-refractivity contribution in [2.45, 2.75) is 45.3 Å². The number of carbonyl (C=O) groups excluding carboxylic acids is 1. The molecule has 2 aliphatic rings. The average Bonchev–Trinajstić information content (AvgIpc) is 3.10. The van der Waals surface area contributed by atoms with E-state index in [2.05, 4.69) is 4.90 Å². The molecule has 0 unspecified atom stereocenters. The Balaban J connectivity index is 1.97. The number of hydrogen-bond acceptors (Lipinski definition) is 4. The summed E-state index contributed by atoms with van der Waals surface area (Å²) in [5.41, 5.74) is -0.606. The minimum atomic E-state index is -0.962. The molecular weight excluding hydrogens is 260 g/mol. The molecule has 2 fully saturated rings. The molecule has 1 heterocycles. The third-order valence-electron chi connectivity index (χ3n) is 3.59. The second kappa shape index (κ2) is 5.60. The zero-order valence-corrected chi connectivity index (χ0v) is 12.5. The summed E-state index contributed by atoms with van der Waals surface area (Å²) in [6.07, 6.45) is 1.95. The number of amides is 1. The van der Waals surface area contributed by atoms with Crippen molar-refractivity contribution < 1.29 is 19.4 Å². The van der Waals surface area contributed by atoms with E-state index < -0.39 is 23.7 Å². The maximum atomic E-state index is 12.1. The summed E-state index contributed by atoms with van der Waals surface area (Å²) in [7, 11) is 0. The summed E-state index contributed by atoms with van der Waals surface area (Å²) < 4.78 is 5.29. The molecule has 0 aromatic heterocycles. The fourth-order valence-corrected chi connectivity index (χ4v) is 2.42. The van der Waals surface area contributed by atoms with Gasteiger partial charge >= 0.3 is 12.1 Å². The van der Waals surface area contributed by atoms with Crippen molar-refractivity contribution in [1.82, 2.24) is 9.80 Å². The highest BCUT2D eigenvalue weighted by molar-refractivity contribution is 5.80. The standard InChI is InChI=1S/C14H24N2O4/c1-14(2,3)20-13(19)16-7-6-15(8-10-4-5-10)9-11(16)12(17)18/h10-11H,4-9H2,1-3H3,(H,17,18)/t11-/m1/s1. The Morgan fingerprint density at radius 1 is 1.25 bits per heavy atom. The predicted octanol–water partition coefficient (Wildman–Crippen LogP) is 1.40. The molecule has 1 saturated carbocycles. The second-order valence-corrected chi connectivity index (χ2v) is 6.73. The molecule has 0 aromatic carbocycles. The van der Waals surface area contributed by atoms with E-state index in [-0.39, 0.29) is 0 Å². The van der Waals surface area contributed by atoms with Crippen LogP contribution in [0.15, 0.2) is 0 Å². The minimum absolute atomic E-state index is 0.394. The van der Waals surface area contributed by atoms with Crippen LogP contribution in [-0.4, -0.2) is 64.8 Å². The number of carboxylic acids is 1. The van der Waals surface area contributed by atoms with Gasteiger partial charge in [0.1, 0.15) is 11.6 Å². The molecule has 1 saturated heterocycles. The van der Waals surface area contributed by atoms with Gasteiger partial charge in [-0.2, -0.15) is 0 Å². The largest absolute Gasteiger partial charge is 0.480 e. The summed E-state index contributed by atoms with van der Waals surface area (Å²) in [6, 6.07) is -0.808. The molecule has 20 heavy (non-hydrogen) atoms. The summed E-state index contributed by atoms with van der Waals surface area (Å²) in [5.74, 6) is -0.242. The van der Waals surface area contributed by atoms with Crippen LogP contribution in [0.3, 0.4) is 0 Å². The Morgan fingerprint density at radius 2 is 1.90 bits per heavy atom. The van der Waals surface area contributed by atoms with Gasteiger partial charge in [-0.15, -0.1) is 0 Å². The molecule has 2 rings (SSSR count). The fourth-order valence-electron chi connectivity index (χ4n) is 2.42. The first-order valence-electron chi connectivity index (χ1n) is 7.21. The van der Waals surface area contributed by atoms with Gasteiger partial charge in [-0.25, -0.2) is 9.59 Å². The zero-order chi connectivity index (χ0) is 14.9. The third-order valence-corrected chi connectivity index (χ3v) is 3.59.